The van der Waals surface area contributed by atoms with Crippen molar-refractivity contribution in [3.63, 3.8) is 0 Å². The van der Waals surface area contributed by atoms with Gasteiger partial charge >= 0.3 is 17.9 Å². The number of nitrogens with zero attached hydrogens (tertiary/aromatic N) is 1. The first-order chi connectivity index (χ1) is 12.9. The number of likely N-dealkylation sites (N-methyl/N-ethyl adjacent to an activating group) is 1. The molecular formula is C18H27NO9. The van der Waals surface area contributed by atoms with Crippen molar-refractivity contribution >= 4 is 23.8 Å². The molecular weight excluding hydrogens is 374 g/mol. The summed E-state index contributed by atoms with van der Waals surface area (Å²) >= 11 is 0. The van der Waals surface area contributed by atoms with Gasteiger partial charge in [0.15, 0.2) is 5.60 Å². The molecule has 2 saturated heterocycles. The predicted molar refractivity (Wildman–Crippen MR) is 92.5 cm³/mol. The highest BCUT2D eigenvalue weighted by atomic mass is 16.6. The number of ether oxygens (including phenoxy) is 3. The van der Waals surface area contributed by atoms with Gasteiger partial charge in [-0.3, -0.25) is 14.4 Å². The maximum Gasteiger partial charge on any atom is 0.339 e. The van der Waals surface area contributed by atoms with Crippen LogP contribution >= 0.6 is 0 Å². The lowest BCUT2D eigenvalue weighted by Crippen LogP contribution is -2.64. The quantitative estimate of drug-likeness (QED) is 0.406. The number of fused-ring (bicyclic) bond motifs is 1. The number of cyclic esters (lactones) is 1. The number of rotatable bonds is 7. The lowest BCUT2D eigenvalue weighted by atomic mass is 9.72. The van der Waals surface area contributed by atoms with Crippen LogP contribution in [0, 0.1) is 11.8 Å². The van der Waals surface area contributed by atoms with Gasteiger partial charge in [0.1, 0.15) is 18.8 Å². The molecule has 6 atom stereocenters. The van der Waals surface area contributed by atoms with Crippen LogP contribution in [0.15, 0.2) is 0 Å². The average molecular weight is 401 g/mol. The average Bonchev–Trinajstić information content (AvgIpc) is 2.91. The second kappa shape index (κ2) is 7.67. The summed E-state index contributed by atoms with van der Waals surface area (Å²) in [6, 6.07) is 0. The van der Waals surface area contributed by atoms with E-state index in [9.17, 15) is 29.4 Å². The molecule has 0 bridgehead atoms. The fraction of sp³-hybridized carbons (Fsp3) is 0.778. The smallest absolute Gasteiger partial charge is 0.339 e. The Balaban J connectivity index is 2.38. The van der Waals surface area contributed by atoms with E-state index < -0.39 is 72.2 Å². The van der Waals surface area contributed by atoms with E-state index in [2.05, 4.69) is 0 Å². The van der Waals surface area contributed by atoms with Crippen molar-refractivity contribution < 1.29 is 43.6 Å². The number of carbonyl (C=O) groups excluding carboxylic acids is 4. The largest absolute Gasteiger partial charge is 0.463 e. The number of amides is 1. The molecule has 10 nitrogen and oxygen atoms in total. The number of aliphatic hydroxyl groups is 2. The van der Waals surface area contributed by atoms with Crippen molar-refractivity contribution in [2.24, 2.45) is 11.8 Å². The van der Waals surface area contributed by atoms with Gasteiger partial charge < -0.3 is 29.3 Å². The number of hydrogen-bond acceptors (Lipinski definition) is 9. The van der Waals surface area contributed by atoms with E-state index in [0.29, 0.717) is 0 Å². The molecule has 28 heavy (non-hydrogen) atoms. The molecule has 0 aromatic rings. The number of esters is 3. The van der Waals surface area contributed by atoms with Crippen molar-refractivity contribution in [1.82, 2.24) is 4.90 Å². The first-order valence-corrected chi connectivity index (χ1v) is 9.06. The Bertz CT molecular complexity index is 680. The third kappa shape index (κ3) is 3.14. The van der Waals surface area contributed by atoms with E-state index in [0.717, 1.165) is 11.8 Å². The predicted octanol–water partition coefficient (Wildman–Crippen LogP) is -0.997. The summed E-state index contributed by atoms with van der Waals surface area (Å²) in [5.74, 6) is -4.10. The molecule has 0 aromatic heterocycles. The Kier molecular flexibility index (Phi) is 6.05. The van der Waals surface area contributed by atoms with Crippen LogP contribution < -0.4 is 0 Å². The summed E-state index contributed by atoms with van der Waals surface area (Å²) in [6.45, 7) is 4.51. The lowest BCUT2D eigenvalue weighted by molar-refractivity contribution is -0.162. The van der Waals surface area contributed by atoms with E-state index in [1.165, 1.54) is 20.9 Å². The molecule has 1 amide bonds. The molecule has 0 radical (unpaired) electrons. The Morgan fingerprint density at radius 1 is 1.29 bits per heavy atom. The van der Waals surface area contributed by atoms with Gasteiger partial charge in [0, 0.05) is 20.9 Å². The molecule has 0 aromatic carbocycles. The number of aliphatic hydroxyl groups excluding tert-OH is 1. The molecule has 2 N–H and O–H groups in total. The topological polar surface area (TPSA) is 140 Å². The minimum absolute atomic E-state index is 0.0219. The molecule has 2 rings (SSSR count). The zero-order valence-electron chi connectivity index (χ0n) is 16.6. The Hall–Kier alpha value is -2.20. The molecule has 10 heteroatoms. The molecule has 2 fully saturated rings. The first kappa shape index (κ1) is 22.1. The summed E-state index contributed by atoms with van der Waals surface area (Å²) < 4.78 is 15.5. The molecule has 0 saturated carbocycles. The van der Waals surface area contributed by atoms with Gasteiger partial charge in [0.05, 0.1) is 12.5 Å². The number of hydrogen-bond donors (Lipinski definition) is 2. The fourth-order valence-electron chi connectivity index (χ4n) is 4.20. The monoisotopic (exact) mass is 401 g/mol. The van der Waals surface area contributed by atoms with Crippen molar-refractivity contribution in [3.05, 3.63) is 0 Å². The normalized spacial score (nSPS) is 33.9. The van der Waals surface area contributed by atoms with Crippen molar-refractivity contribution in [2.45, 2.75) is 57.5 Å². The van der Waals surface area contributed by atoms with Crippen molar-refractivity contribution in [1.29, 1.82) is 0 Å². The minimum atomic E-state index is -1.96. The molecule has 0 aliphatic carbocycles. The zero-order chi connectivity index (χ0) is 21.4. The fourth-order valence-corrected chi connectivity index (χ4v) is 4.20. The summed E-state index contributed by atoms with van der Waals surface area (Å²) in [4.78, 5) is 49.0. The second-order valence-corrected chi connectivity index (χ2v) is 7.52. The molecule has 2 aliphatic heterocycles. The van der Waals surface area contributed by atoms with E-state index in [1.54, 1.807) is 6.92 Å². The van der Waals surface area contributed by atoms with Gasteiger partial charge in [-0.1, -0.05) is 13.8 Å². The van der Waals surface area contributed by atoms with E-state index in [1.807, 2.05) is 0 Å². The van der Waals surface area contributed by atoms with Crippen LogP contribution in [0.3, 0.4) is 0 Å². The number of likely N-dealkylation sites (tertiary alicyclic amines) is 1. The van der Waals surface area contributed by atoms with Gasteiger partial charge in [-0.05, 0) is 12.3 Å². The van der Waals surface area contributed by atoms with Crippen molar-refractivity contribution in [3.8, 4) is 0 Å². The third-order valence-corrected chi connectivity index (χ3v) is 5.88. The maximum atomic E-state index is 12.8. The number of carbonyl (C=O) groups is 4. The SMILES string of the molecule is CC(=O)OC[C@@]12C(=O)O[C@@H](C[C@@H](C)[C@H](CO)OC(C)=O)[C@]1(O)[C@@H](C)C(=O)N2C. The van der Waals surface area contributed by atoms with Gasteiger partial charge in [0.2, 0.25) is 11.4 Å². The Morgan fingerprint density at radius 2 is 1.89 bits per heavy atom. The minimum Gasteiger partial charge on any atom is -0.463 e. The van der Waals surface area contributed by atoms with Gasteiger partial charge in [-0.15, -0.1) is 0 Å². The van der Waals surface area contributed by atoms with Crippen LogP contribution in [0.5, 0.6) is 0 Å². The summed E-state index contributed by atoms with van der Waals surface area (Å²) in [7, 11) is 1.35. The summed E-state index contributed by atoms with van der Waals surface area (Å²) in [6.07, 6.45) is -1.97. The van der Waals surface area contributed by atoms with Crippen LogP contribution in [0.1, 0.15) is 34.1 Å². The molecule has 158 valence electrons. The van der Waals surface area contributed by atoms with Crippen LogP contribution in [0.2, 0.25) is 0 Å². The van der Waals surface area contributed by atoms with E-state index in [-0.39, 0.29) is 6.42 Å². The van der Waals surface area contributed by atoms with Crippen LogP contribution in [0.25, 0.3) is 0 Å². The molecule has 0 unspecified atom stereocenters. The standard InChI is InChI=1S/C18H27NO9/c1-9(13(7-20)27-12(4)22)6-14-18(25)10(2)15(23)19(5)17(18,16(24)28-14)8-26-11(3)21/h9-10,13-14,20,25H,6-8H2,1-5H3/t9-,10+,13+,14+,17-,18-/m1/s1. The van der Waals surface area contributed by atoms with Crippen molar-refractivity contribution in [2.75, 3.05) is 20.3 Å². The lowest BCUT2D eigenvalue weighted by Gasteiger charge is -2.38. The third-order valence-electron chi connectivity index (χ3n) is 5.88. The van der Waals surface area contributed by atoms with Crippen LogP contribution in [-0.2, 0) is 33.4 Å². The second-order valence-electron chi connectivity index (χ2n) is 7.52. The van der Waals surface area contributed by atoms with Gasteiger partial charge in [-0.2, -0.15) is 0 Å². The van der Waals surface area contributed by atoms with Crippen LogP contribution in [-0.4, -0.2) is 82.5 Å². The highest BCUT2D eigenvalue weighted by Crippen LogP contribution is 2.52. The van der Waals surface area contributed by atoms with E-state index >= 15 is 0 Å². The van der Waals surface area contributed by atoms with Gasteiger partial charge in [0.25, 0.3) is 0 Å². The molecule has 2 heterocycles. The first-order valence-electron chi connectivity index (χ1n) is 9.06. The maximum absolute atomic E-state index is 12.8. The van der Waals surface area contributed by atoms with E-state index in [4.69, 9.17) is 14.2 Å². The summed E-state index contributed by atoms with van der Waals surface area (Å²) in [5.41, 5.74) is -3.83. The Labute approximate surface area is 162 Å². The molecule has 0 spiro atoms. The Morgan fingerprint density at radius 3 is 2.39 bits per heavy atom. The molecule has 2 aliphatic rings. The highest BCUT2D eigenvalue weighted by Gasteiger charge is 2.78. The van der Waals surface area contributed by atoms with Crippen LogP contribution in [0.4, 0.5) is 0 Å². The highest BCUT2D eigenvalue weighted by molar-refractivity contribution is 5.98. The zero-order valence-corrected chi connectivity index (χ0v) is 16.6. The summed E-state index contributed by atoms with van der Waals surface area (Å²) in [5, 5.41) is 21.0. The van der Waals surface area contributed by atoms with Gasteiger partial charge in [-0.25, -0.2) is 4.79 Å².